The summed E-state index contributed by atoms with van der Waals surface area (Å²) in [6.45, 7) is 2.73. The molecule has 1 saturated heterocycles. The summed E-state index contributed by atoms with van der Waals surface area (Å²) in [5.41, 5.74) is 2.38. The van der Waals surface area contributed by atoms with Crippen molar-refractivity contribution in [1.29, 1.82) is 0 Å². The van der Waals surface area contributed by atoms with Gasteiger partial charge in [0.15, 0.2) is 5.65 Å². The molecule has 7 nitrogen and oxygen atoms in total. The fraction of sp³-hybridized carbons (Fsp3) is 0.400. The van der Waals surface area contributed by atoms with Crippen LogP contribution in [0.15, 0.2) is 48.7 Å². The minimum absolute atomic E-state index is 0.101. The SMILES string of the molecule is O=C(NCC(c1ccccc1)N1CCCCCC1)c1ccn2nnnc2c1. The number of amides is 1. The molecule has 0 spiro atoms. The first-order chi connectivity index (χ1) is 13.3. The lowest BCUT2D eigenvalue weighted by Crippen LogP contribution is -2.38. The number of aromatic nitrogens is 4. The molecular weight excluding hydrogens is 340 g/mol. The summed E-state index contributed by atoms with van der Waals surface area (Å²) in [5.74, 6) is -0.101. The number of pyridine rings is 1. The number of benzene rings is 1. The van der Waals surface area contributed by atoms with Crippen LogP contribution >= 0.6 is 0 Å². The van der Waals surface area contributed by atoms with Crippen LogP contribution in [-0.2, 0) is 0 Å². The summed E-state index contributed by atoms with van der Waals surface area (Å²) in [7, 11) is 0. The van der Waals surface area contributed by atoms with Crippen LogP contribution < -0.4 is 5.32 Å². The maximum absolute atomic E-state index is 12.7. The molecule has 1 atom stereocenters. The molecule has 0 aliphatic carbocycles. The zero-order chi connectivity index (χ0) is 18.5. The van der Waals surface area contributed by atoms with Crippen molar-refractivity contribution in [2.45, 2.75) is 31.7 Å². The minimum atomic E-state index is -0.101. The summed E-state index contributed by atoms with van der Waals surface area (Å²) >= 11 is 0. The van der Waals surface area contributed by atoms with E-state index in [1.54, 1.807) is 22.8 Å². The van der Waals surface area contributed by atoms with Crippen molar-refractivity contribution >= 4 is 11.6 Å². The number of nitrogens with zero attached hydrogens (tertiary/aromatic N) is 5. The Morgan fingerprint density at radius 1 is 1.07 bits per heavy atom. The number of fused-ring (bicyclic) bond motifs is 1. The first-order valence-corrected chi connectivity index (χ1v) is 9.56. The van der Waals surface area contributed by atoms with Crippen LogP contribution in [0.2, 0.25) is 0 Å². The molecule has 4 rings (SSSR count). The lowest BCUT2D eigenvalue weighted by molar-refractivity contribution is 0.0933. The molecule has 1 aliphatic rings. The molecule has 0 bridgehead atoms. The number of rotatable bonds is 5. The number of carbonyl (C=O) groups excluding carboxylic acids is 1. The summed E-state index contributed by atoms with van der Waals surface area (Å²) in [6.07, 6.45) is 6.71. The average molecular weight is 364 g/mol. The predicted molar refractivity (Wildman–Crippen MR) is 102 cm³/mol. The molecule has 0 radical (unpaired) electrons. The second kappa shape index (κ2) is 8.26. The average Bonchev–Trinajstić information content (AvgIpc) is 3.02. The van der Waals surface area contributed by atoms with Crippen molar-refractivity contribution in [2.24, 2.45) is 0 Å². The number of hydrogen-bond donors (Lipinski definition) is 1. The van der Waals surface area contributed by atoms with Crippen molar-refractivity contribution in [2.75, 3.05) is 19.6 Å². The van der Waals surface area contributed by atoms with Crippen molar-refractivity contribution in [3.8, 4) is 0 Å². The van der Waals surface area contributed by atoms with Gasteiger partial charge in [-0.25, -0.2) is 4.52 Å². The summed E-state index contributed by atoms with van der Waals surface area (Å²) in [6, 6.07) is 14.1. The Morgan fingerprint density at radius 2 is 1.85 bits per heavy atom. The zero-order valence-electron chi connectivity index (χ0n) is 15.3. The Bertz CT molecular complexity index is 886. The first kappa shape index (κ1) is 17.6. The van der Waals surface area contributed by atoms with Crippen molar-refractivity contribution < 1.29 is 4.79 Å². The number of carbonyl (C=O) groups is 1. The molecule has 1 unspecified atom stereocenters. The monoisotopic (exact) mass is 364 g/mol. The van der Waals surface area contributed by atoms with E-state index in [0.717, 1.165) is 13.1 Å². The van der Waals surface area contributed by atoms with E-state index in [1.165, 1.54) is 31.2 Å². The lowest BCUT2D eigenvalue weighted by Gasteiger charge is -2.31. The quantitative estimate of drug-likeness (QED) is 0.753. The van der Waals surface area contributed by atoms with E-state index in [9.17, 15) is 4.79 Å². The highest BCUT2D eigenvalue weighted by Crippen LogP contribution is 2.23. The minimum Gasteiger partial charge on any atom is -0.350 e. The van der Waals surface area contributed by atoms with Crippen molar-refractivity contribution in [1.82, 2.24) is 30.3 Å². The second-order valence-electron chi connectivity index (χ2n) is 6.98. The second-order valence-corrected chi connectivity index (χ2v) is 6.98. The molecule has 1 amide bonds. The summed E-state index contributed by atoms with van der Waals surface area (Å²) < 4.78 is 1.54. The molecule has 1 aliphatic heterocycles. The molecule has 3 aromatic rings. The Morgan fingerprint density at radius 3 is 2.63 bits per heavy atom. The van der Waals surface area contributed by atoms with E-state index in [2.05, 4.69) is 50.0 Å². The Balaban J connectivity index is 1.49. The highest BCUT2D eigenvalue weighted by atomic mass is 16.1. The molecule has 1 fully saturated rings. The van der Waals surface area contributed by atoms with E-state index < -0.39 is 0 Å². The van der Waals surface area contributed by atoms with Crippen LogP contribution in [0.5, 0.6) is 0 Å². The number of hydrogen-bond acceptors (Lipinski definition) is 5. The van der Waals surface area contributed by atoms with Crippen LogP contribution in [0.25, 0.3) is 5.65 Å². The smallest absolute Gasteiger partial charge is 0.251 e. The van der Waals surface area contributed by atoms with Gasteiger partial charge >= 0.3 is 0 Å². The van der Waals surface area contributed by atoms with Crippen LogP contribution in [0.4, 0.5) is 0 Å². The van der Waals surface area contributed by atoms with Gasteiger partial charge in [-0.1, -0.05) is 43.2 Å². The highest BCUT2D eigenvalue weighted by molar-refractivity contribution is 5.94. The van der Waals surface area contributed by atoms with Gasteiger partial charge in [-0.15, -0.1) is 5.10 Å². The van der Waals surface area contributed by atoms with E-state index in [0.29, 0.717) is 17.8 Å². The summed E-state index contributed by atoms with van der Waals surface area (Å²) in [5, 5.41) is 14.4. The molecular formula is C20H24N6O. The third-order valence-corrected chi connectivity index (χ3v) is 5.18. The van der Waals surface area contributed by atoms with Gasteiger partial charge in [-0.2, -0.15) is 0 Å². The number of likely N-dealkylation sites (tertiary alicyclic amines) is 1. The highest BCUT2D eigenvalue weighted by Gasteiger charge is 2.22. The van der Waals surface area contributed by atoms with Gasteiger partial charge in [0.1, 0.15) is 0 Å². The van der Waals surface area contributed by atoms with Gasteiger partial charge in [0.25, 0.3) is 5.91 Å². The van der Waals surface area contributed by atoms with Gasteiger partial charge in [0.05, 0.1) is 6.04 Å². The molecule has 0 saturated carbocycles. The zero-order valence-corrected chi connectivity index (χ0v) is 15.3. The topological polar surface area (TPSA) is 75.4 Å². The molecule has 1 aromatic carbocycles. The molecule has 140 valence electrons. The van der Waals surface area contributed by atoms with Crippen molar-refractivity contribution in [3.63, 3.8) is 0 Å². The fourth-order valence-electron chi connectivity index (χ4n) is 3.71. The normalized spacial score (nSPS) is 16.7. The number of nitrogens with one attached hydrogen (secondary N) is 1. The Kier molecular flexibility index (Phi) is 5.39. The predicted octanol–water partition coefficient (Wildman–Crippen LogP) is 2.47. The van der Waals surface area contributed by atoms with Crippen LogP contribution in [-0.4, -0.2) is 50.5 Å². The van der Waals surface area contributed by atoms with E-state index in [-0.39, 0.29) is 11.9 Å². The molecule has 7 heteroatoms. The molecule has 1 N–H and O–H groups in total. The number of tetrazole rings is 1. The van der Waals surface area contributed by atoms with Gasteiger partial charge in [0.2, 0.25) is 0 Å². The standard InChI is InChI=1S/C20H24N6O/c27-20(17-10-13-26-19(14-17)22-23-24-26)21-15-18(16-8-4-3-5-9-16)25-11-6-1-2-7-12-25/h3-5,8-10,13-14,18H,1-2,6-7,11-12,15H2,(H,21,27). The molecule has 27 heavy (non-hydrogen) atoms. The summed E-state index contributed by atoms with van der Waals surface area (Å²) in [4.78, 5) is 15.2. The van der Waals surface area contributed by atoms with E-state index >= 15 is 0 Å². The van der Waals surface area contributed by atoms with Gasteiger partial charge < -0.3 is 5.32 Å². The maximum Gasteiger partial charge on any atom is 0.251 e. The molecule has 2 aromatic heterocycles. The third kappa shape index (κ3) is 4.14. The van der Waals surface area contributed by atoms with Crippen LogP contribution in [0.3, 0.4) is 0 Å². The van der Waals surface area contributed by atoms with Gasteiger partial charge in [-0.05, 0) is 54.1 Å². The lowest BCUT2D eigenvalue weighted by atomic mass is 10.0. The Labute approximate surface area is 158 Å². The van der Waals surface area contributed by atoms with E-state index in [4.69, 9.17) is 0 Å². The molecule has 3 heterocycles. The van der Waals surface area contributed by atoms with Gasteiger partial charge in [-0.3, -0.25) is 9.69 Å². The Hall–Kier alpha value is -2.80. The third-order valence-electron chi connectivity index (χ3n) is 5.18. The van der Waals surface area contributed by atoms with Crippen LogP contribution in [0, 0.1) is 0 Å². The van der Waals surface area contributed by atoms with Gasteiger partial charge in [0, 0.05) is 18.3 Å². The largest absolute Gasteiger partial charge is 0.350 e. The van der Waals surface area contributed by atoms with Crippen molar-refractivity contribution in [3.05, 3.63) is 59.8 Å². The first-order valence-electron chi connectivity index (χ1n) is 9.56. The fourth-order valence-corrected chi connectivity index (χ4v) is 3.71. The van der Waals surface area contributed by atoms with E-state index in [1.807, 2.05) is 6.07 Å². The van der Waals surface area contributed by atoms with Crippen LogP contribution in [0.1, 0.15) is 47.6 Å². The maximum atomic E-state index is 12.7.